The summed E-state index contributed by atoms with van der Waals surface area (Å²) in [6.45, 7) is 1.58. The Balaban J connectivity index is 1.86. The first kappa shape index (κ1) is 12.5. The van der Waals surface area contributed by atoms with Crippen molar-refractivity contribution in [3.8, 4) is 0 Å². The highest BCUT2D eigenvalue weighted by atomic mass is 35.5. The Bertz CT molecular complexity index is 627. The second-order valence-electron chi connectivity index (χ2n) is 4.68. The SMILES string of the molecule is CC(=O)CC1CCC(n2cnc3c(Cl)ncnc32)O1. The monoisotopic (exact) mass is 280 g/mol. The van der Waals surface area contributed by atoms with Crippen LogP contribution >= 0.6 is 11.6 Å². The molecular formula is C12H13ClN4O2. The van der Waals surface area contributed by atoms with E-state index in [-0.39, 0.29) is 18.1 Å². The maximum atomic E-state index is 11.1. The highest BCUT2D eigenvalue weighted by Crippen LogP contribution is 2.32. The molecule has 2 atom stereocenters. The Morgan fingerprint density at radius 2 is 2.32 bits per heavy atom. The fraction of sp³-hybridized carbons (Fsp3) is 0.500. The number of hydrogen-bond acceptors (Lipinski definition) is 5. The Hall–Kier alpha value is -1.53. The zero-order valence-corrected chi connectivity index (χ0v) is 11.2. The molecule has 6 nitrogen and oxygen atoms in total. The van der Waals surface area contributed by atoms with Crippen molar-refractivity contribution < 1.29 is 9.53 Å². The van der Waals surface area contributed by atoms with Gasteiger partial charge in [0.1, 0.15) is 23.9 Å². The molecule has 0 radical (unpaired) electrons. The summed E-state index contributed by atoms with van der Waals surface area (Å²) in [5, 5.41) is 0.335. The molecule has 2 aromatic rings. The van der Waals surface area contributed by atoms with Gasteiger partial charge in [0.2, 0.25) is 0 Å². The number of Topliss-reactive ketones (excluding diaryl/α,β-unsaturated/α-hetero) is 1. The lowest BCUT2D eigenvalue weighted by Gasteiger charge is -2.14. The predicted octanol–water partition coefficient (Wildman–Crippen LogP) is 2.14. The highest BCUT2D eigenvalue weighted by molar-refractivity contribution is 6.33. The molecule has 2 unspecified atom stereocenters. The van der Waals surface area contributed by atoms with Crippen LogP contribution in [0.5, 0.6) is 0 Å². The number of hydrogen-bond donors (Lipinski definition) is 0. The molecule has 0 spiro atoms. The smallest absolute Gasteiger partial charge is 0.166 e. The number of halogens is 1. The predicted molar refractivity (Wildman–Crippen MR) is 68.8 cm³/mol. The van der Waals surface area contributed by atoms with E-state index in [0.717, 1.165) is 12.8 Å². The van der Waals surface area contributed by atoms with Crippen molar-refractivity contribution in [2.75, 3.05) is 0 Å². The molecule has 7 heteroatoms. The fourth-order valence-corrected chi connectivity index (χ4v) is 2.57. The standard InChI is InChI=1S/C12H13ClN4O2/c1-7(18)4-8-2-3-9(19-8)17-6-16-10-11(13)14-5-15-12(10)17/h5-6,8-9H,2-4H2,1H3. The number of rotatable bonds is 3. The van der Waals surface area contributed by atoms with Crippen LogP contribution in [0.4, 0.5) is 0 Å². The molecule has 2 aromatic heterocycles. The molecule has 0 amide bonds. The third-order valence-electron chi connectivity index (χ3n) is 3.22. The van der Waals surface area contributed by atoms with Gasteiger partial charge in [0.15, 0.2) is 10.8 Å². The number of imidazole rings is 1. The summed E-state index contributed by atoms with van der Waals surface area (Å²) < 4.78 is 7.71. The molecule has 19 heavy (non-hydrogen) atoms. The fourth-order valence-electron chi connectivity index (χ4n) is 2.40. The molecule has 1 fully saturated rings. The number of ketones is 1. The lowest BCUT2D eigenvalue weighted by atomic mass is 10.1. The maximum Gasteiger partial charge on any atom is 0.166 e. The topological polar surface area (TPSA) is 69.9 Å². The van der Waals surface area contributed by atoms with E-state index in [1.54, 1.807) is 13.3 Å². The van der Waals surface area contributed by atoms with Gasteiger partial charge >= 0.3 is 0 Å². The molecule has 0 aliphatic carbocycles. The molecule has 100 valence electrons. The van der Waals surface area contributed by atoms with Gasteiger partial charge in [-0.2, -0.15) is 0 Å². The summed E-state index contributed by atoms with van der Waals surface area (Å²) in [4.78, 5) is 23.4. The summed E-state index contributed by atoms with van der Waals surface area (Å²) in [5.74, 6) is 0.145. The van der Waals surface area contributed by atoms with Crippen molar-refractivity contribution in [2.24, 2.45) is 0 Å². The van der Waals surface area contributed by atoms with Crippen LogP contribution < -0.4 is 0 Å². The lowest BCUT2D eigenvalue weighted by Crippen LogP contribution is -2.13. The van der Waals surface area contributed by atoms with Gasteiger partial charge in [-0.05, 0) is 19.8 Å². The van der Waals surface area contributed by atoms with Gasteiger partial charge in [0.05, 0.1) is 12.4 Å². The van der Waals surface area contributed by atoms with E-state index in [0.29, 0.717) is 22.7 Å². The molecule has 0 bridgehead atoms. The quantitative estimate of drug-likeness (QED) is 0.806. The first-order valence-corrected chi connectivity index (χ1v) is 6.51. The van der Waals surface area contributed by atoms with Crippen molar-refractivity contribution in [1.82, 2.24) is 19.5 Å². The Morgan fingerprint density at radius 1 is 1.47 bits per heavy atom. The van der Waals surface area contributed by atoms with Crippen LogP contribution in [0, 0.1) is 0 Å². The van der Waals surface area contributed by atoms with Gasteiger partial charge < -0.3 is 4.74 Å². The van der Waals surface area contributed by atoms with Gasteiger partial charge in [-0.15, -0.1) is 0 Å². The van der Waals surface area contributed by atoms with Crippen LogP contribution in [0.25, 0.3) is 11.2 Å². The number of carbonyl (C=O) groups is 1. The minimum Gasteiger partial charge on any atom is -0.354 e. The molecule has 0 N–H and O–H groups in total. The van der Waals surface area contributed by atoms with E-state index < -0.39 is 0 Å². The Labute approximate surface area is 114 Å². The van der Waals surface area contributed by atoms with Crippen molar-refractivity contribution in [3.63, 3.8) is 0 Å². The van der Waals surface area contributed by atoms with Gasteiger partial charge in [0, 0.05) is 6.42 Å². The number of carbonyl (C=O) groups excluding carboxylic acids is 1. The second-order valence-corrected chi connectivity index (χ2v) is 5.04. The van der Waals surface area contributed by atoms with Crippen molar-refractivity contribution in [3.05, 3.63) is 17.8 Å². The minimum absolute atomic E-state index is 0.0164. The number of fused-ring (bicyclic) bond motifs is 1. The summed E-state index contributed by atoms with van der Waals surface area (Å²) >= 11 is 5.96. The van der Waals surface area contributed by atoms with Crippen molar-refractivity contribution in [2.45, 2.75) is 38.5 Å². The van der Waals surface area contributed by atoms with Gasteiger partial charge in [0.25, 0.3) is 0 Å². The lowest BCUT2D eigenvalue weighted by molar-refractivity contribution is -0.120. The summed E-state index contributed by atoms with van der Waals surface area (Å²) in [6, 6.07) is 0. The van der Waals surface area contributed by atoms with Crippen LogP contribution in [-0.2, 0) is 9.53 Å². The first-order chi connectivity index (χ1) is 9.15. The van der Waals surface area contributed by atoms with Crippen LogP contribution in [0.2, 0.25) is 5.15 Å². The summed E-state index contributed by atoms with van der Waals surface area (Å²) in [5.41, 5.74) is 1.23. The molecule has 0 saturated carbocycles. The molecule has 3 rings (SSSR count). The molecule has 3 heterocycles. The van der Waals surface area contributed by atoms with Gasteiger partial charge in [-0.25, -0.2) is 15.0 Å². The second kappa shape index (κ2) is 4.86. The molecule has 1 aliphatic rings. The maximum absolute atomic E-state index is 11.1. The Morgan fingerprint density at radius 3 is 3.11 bits per heavy atom. The largest absolute Gasteiger partial charge is 0.354 e. The van der Waals surface area contributed by atoms with Crippen LogP contribution in [-0.4, -0.2) is 31.4 Å². The van der Waals surface area contributed by atoms with Crippen LogP contribution in [0.3, 0.4) is 0 Å². The van der Waals surface area contributed by atoms with E-state index in [2.05, 4.69) is 15.0 Å². The summed E-state index contributed by atoms with van der Waals surface area (Å²) in [7, 11) is 0. The minimum atomic E-state index is -0.139. The zero-order valence-electron chi connectivity index (χ0n) is 10.4. The highest BCUT2D eigenvalue weighted by Gasteiger charge is 2.28. The molecular weight excluding hydrogens is 268 g/mol. The molecule has 0 aromatic carbocycles. The third kappa shape index (κ3) is 2.33. The third-order valence-corrected chi connectivity index (χ3v) is 3.50. The first-order valence-electron chi connectivity index (χ1n) is 6.13. The van der Waals surface area contributed by atoms with Gasteiger partial charge in [-0.1, -0.05) is 11.6 Å². The van der Waals surface area contributed by atoms with Gasteiger partial charge in [-0.3, -0.25) is 9.36 Å². The van der Waals surface area contributed by atoms with E-state index in [1.165, 1.54) is 6.33 Å². The van der Waals surface area contributed by atoms with Crippen molar-refractivity contribution >= 4 is 28.5 Å². The zero-order chi connectivity index (χ0) is 13.4. The average Bonchev–Trinajstić information content (AvgIpc) is 2.95. The number of ether oxygens (including phenoxy) is 1. The van der Waals surface area contributed by atoms with E-state index in [9.17, 15) is 4.79 Å². The van der Waals surface area contributed by atoms with Crippen LogP contribution in [0.1, 0.15) is 32.4 Å². The normalized spacial score (nSPS) is 23.1. The van der Waals surface area contributed by atoms with E-state index in [4.69, 9.17) is 16.3 Å². The van der Waals surface area contributed by atoms with Crippen LogP contribution in [0.15, 0.2) is 12.7 Å². The van der Waals surface area contributed by atoms with Crippen molar-refractivity contribution in [1.29, 1.82) is 0 Å². The molecule has 1 aliphatic heterocycles. The number of nitrogens with zero attached hydrogens (tertiary/aromatic N) is 4. The average molecular weight is 281 g/mol. The number of aromatic nitrogens is 4. The van der Waals surface area contributed by atoms with E-state index in [1.807, 2.05) is 4.57 Å². The Kier molecular flexibility index (Phi) is 3.20. The summed E-state index contributed by atoms with van der Waals surface area (Å²) in [6.07, 6.45) is 5.07. The molecule has 1 saturated heterocycles. The van der Waals surface area contributed by atoms with E-state index >= 15 is 0 Å².